The van der Waals surface area contributed by atoms with Crippen LogP contribution in [0.4, 0.5) is 51.2 Å². The Balaban J connectivity index is 1.14. The maximum atomic E-state index is 2.74. The fourth-order valence-electron chi connectivity index (χ4n) is 14.8. The Morgan fingerprint density at radius 2 is 0.923 bits per heavy atom. The highest BCUT2D eigenvalue weighted by atomic mass is 32.1. The number of para-hydroxylation sites is 2. The Morgan fingerprint density at radius 1 is 0.410 bits per heavy atom. The van der Waals surface area contributed by atoms with E-state index in [0.717, 1.165) is 24.9 Å². The average molecular weight is 1040 g/mol. The summed E-state index contributed by atoms with van der Waals surface area (Å²) in [4.78, 5) is 8.03. The first kappa shape index (κ1) is 49.5. The molecule has 0 N–H and O–H groups in total. The van der Waals surface area contributed by atoms with Gasteiger partial charge in [-0.25, -0.2) is 0 Å². The van der Waals surface area contributed by atoms with Gasteiger partial charge in [-0.05, 0) is 180 Å². The lowest BCUT2D eigenvalue weighted by atomic mass is 9.35. The first-order valence-corrected chi connectivity index (χ1v) is 29.7. The molecular formula is C73H74BN3S. The summed E-state index contributed by atoms with van der Waals surface area (Å²) < 4.78 is 2.75. The monoisotopic (exact) mass is 1040 g/mol. The molecule has 390 valence electrons. The number of fused-ring (bicyclic) bond motifs is 10. The van der Waals surface area contributed by atoms with Gasteiger partial charge in [-0.3, -0.25) is 0 Å². The summed E-state index contributed by atoms with van der Waals surface area (Å²) in [5, 5.41) is 1.32. The highest BCUT2D eigenvalue weighted by Gasteiger charge is 2.49. The smallest absolute Gasteiger partial charge is 0.264 e. The van der Waals surface area contributed by atoms with Crippen LogP contribution in [-0.2, 0) is 32.5 Å². The summed E-state index contributed by atoms with van der Waals surface area (Å²) in [6.07, 6.45) is 4.65. The van der Waals surface area contributed by atoms with E-state index in [1.165, 1.54) is 128 Å². The van der Waals surface area contributed by atoms with E-state index in [1.54, 1.807) is 0 Å². The van der Waals surface area contributed by atoms with Gasteiger partial charge in [0.2, 0.25) is 0 Å². The summed E-state index contributed by atoms with van der Waals surface area (Å²) in [7, 11) is 0. The van der Waals surface area contributed by atoms with Gasteiger partial charge in [0.15, 0.2) is 0 Å². The van der Waals surface area contributed by atoms with Crippen molar-refractivity contribution < 1.29 is 0 Å². The van der Waals surface area contributed by atoms with Crippen LogP contribution >= 0.6 is 11.3 Å². The van der Waals surface area contributed by atoms with Crippen LogP contribution in [-0.4, -0.2) is 6.71 Å². The highest BCUT2D eigenvalue weighted by molar-refractivity contribution is 7.33. The van der Waals surface area contributed by atoms with Crippen LogP contribution < -0.4 is 30.4 Å². The predicted octanol–water partition coefficient (Wildman–Crippen LogP) is 18.8. The zero-order valence-corrected chi connectivity index (χ0v) is 49.1. The molecule has 0 atom stereocenters. The molecule has 0 radical (unpaired) electrons. The Hall–Kier alpha value is -6.82. The number of rotatable bonds is 4. The molecule has 3 nitrogen and oxygen atoms in total. The van der Waals surface area contributed by atoms with Crippen LogP contribution in [0.2, 0.25) is 0 Å². The summed E-state index contributed by atoms with van der Waals surface area (Å²) in [6.45, 7) is 31.8. The number of thiophene rings is 1. The first-order valence-electron chi connectivity index (χ1n) is 28.9. The van der Waals surface area contributed by atoms with Crippen LogP contribution in [0.25, 0.3) is 21.2 Å². The topological polar surface area (TPSA) is 9.72 Å². The first-order chi connectivity index (χ1) is 37.0. The summed E-state index contributed by atoms with van der Waals surface area (Å²) >= 11 is 2.01. The fraction of sp³-hybridized carbons (Fsp3) is 0.315. The van der Waals surface area contributed by atoms with Gasteiger partial charge < -0.3 is 14.7 Å². The van der Waals surface area contributed by atoms with Gasteiger partial charge in [0, 0.05) is 48.7 Å². The summed E-state index contributed by atoms with van der Waals surface area (Å²) in [5.41, 5.74) is 26.3. The molecule has 0 fully saturated rings. The van der Waals surface area contributed by atoms with Crippen molar-refractivity contribution in [1.82, 2.24) is 0 Å². The quantitative estimate of drug-likeness (QED) is 0.163. The molecule has 9 aromatic rings. The van der Waals surface area contributed by atoms with Crippen LogP contribution in [0.5, 0.6) is 0 Å². The van der Waals surface area contributed by atoms with E-state index < -0.39 is 0 Å². The van der Waals surface area contributed by atoms with Crippen molar-refractivity contribution in [3.63, 3.8) is 0 Å². The van der Waals surface area contributed by atoms with Crippen molar-refractivity contribution in [2.75, 3.05) is 14.7 Å². The van der Waals surface area contributed by atoms with Gasteiger partial charge in [-0.1, -0.05) is 187 Å². The van der Waals surface area contributed by atoms with Crippen molar-refractivity contribution in [2.24, 2.45) is 0 Å². The second-order valence-electron chi connectivity index (χ2n) is 27.9. The third kappa shape index (κ3) is 7.21. The molecule has 2 aliphatic carbocycles. The molecule has 3 aliphatic heterocycles. The maximum Gasteiger partial charge on any atom is 0.264 e. The molecule has 0 spiro atoms. The van der Waals surface area contributed by atoms with E-state index in [0.29, 0.717) is 0 Å². The van der Waals surface area contributed by atoms with E-state index >= 15 is 0 Å². The molecule has 4 heterocycles. The van der Waals surface area contributed by atoms with E-state index in [-0.39, 0.29) is 39.2 Å². The second-order valence-corrected chi connectivity index (χ2v) is 29.0. The van der Waals surface area contributed by atoms with Gasteiger partial charge in [-0.2, -0.15) is 0 Å². The summed E-state index contributed by atoms with van der Waals surface area (Å²) in [6, 6.07) is 64.2. The number of hydrogen-bond acceptors (Lipinski definition) is 4. The fourth-order valence-corrected chi connectivity index (χ4v) is 16.1. The van der Waals surface area contributed by atoms with E-state index in [9.17, 15) is 0 Å². The lowest BCUT2D eigenvalue weighted by Crippen LogP contribution is -2.61. The normalized spacial score (nSPS) is 18.5. The van der Waals surface area contributed by atoms with Gasteiger partial charge in [0.05, 0.1) is 22.7 Å². The molecule has 0 unspecified atom stereocenters. The van der Waals surface area contributed by atoms with Crippen molar-refractivity contribution in [2.45, 2.75) is 148 Å². The molecule has 0 amide bonds. The third-order valence-corrected chi connectivity index (χ3v) is 20.9. The predicted molar refractivity (Wildman–Crippen MR) is 337 cm³/mol. The molecule has 1 aromatic heterocycles. The molecule has 0 saturated heterocycles. The van der Waals surface area contributed by atoms with Gasteiger partial charge in [-0.15, -0.1) is 11.3 Å². The minimum atomic E-state index is -0.201. The van der Waals surface area contributed by atoms with Crippen molar-refractivity contribution in [3.05, 3.63) is 203 Å². The number of benzene rings is 8. The van der Waals surface area contributed by atoms with Gasteiger partial charge >= 0.3 is 0 Å². The minimum absolute atomic E-state index is 0.0101. The lowest BCUT2D eigenvalue weighted by Gasteiger charge is -2.48. The SMILES string of the molecule is CC(C)(C)c1ccc2sc3c(c2c1)N(c1ccc(-c2ccccc2)cc1)c1cc(N2c4ccccc4C(C)(C)c4ccccc42)cc2c1B3c1cc3c(cc1N2c1ccc2c(c1)C(C)(C)CCC2(C)C)C(C)(C)CCC3(C)C. The third-order valence-electron chi connectivity index (χ3n) is 19.7. The van der Waals surface area contributed by atoms with Crippen LogP contribution in [0, 0.1) is 0 Å². The van der Waals surface area contributed by atoms with Crippen LogP contribution in [0.1, 0.15) is 155 Å². The second kappa shape index (κ2) is 16.6. The zero-order chi connectivity index (χ0) is 54.2. The Kier molecular flexibility index (Phi) is 10.5. The largest absolute Gasteiger partial charge is 0.311 e. The molecular weight excluding hydrogens is 962 g/mol. The van der Waals surface area contributed by atoms with Crippen molar-refractivity contribution >= 4 is 95.0 Å². The van der Waals surface area contributed by atoms with Gasteiger partial charge in [0.1, 0.15) is 0 Å². The van der Waals surface area contributed by atoms with Crippen LogP contribution in [0.15, 0.2) is 164 Å². The molecule has 5 aliphatic rings. The Bertz CT molecular complexity index is 3910. The lowest BCUT2D eigenvalue weighted by molar-refractivity contribution is 0.332. The van der Waals surface area contributed by atoms with Crippen LogP contribution in [0.3, 0.4) is 0 Å². The summed E-state index contributed by atoms with van der Waals surface area (Å²) in [5.74, 6) is 0. The van der Waals surface area contributed by atoms with Gasteiger partial charge in [0.25, 0.3) is 6.71 Å². The number of hydrogen-bond donors (Lipinski definition) is 0. The molecule has 5 heteroatoms. The maximum absolute atomic E-state index is 2.74. The molecule has 0 bridgehead atoms. The Labute approximate surface area is 469 Å². The Morgan fingerprint density at radius 3 is 1.54 bits per heavy atom. The van der Waals surface area contributed by atoms with E-state index in [2.05, 4.69) is 269 Å². The number of nitrogens with zero attached hydrogens (tertiary/aromatic N) is 3. The molecule has 8 aromatic carbocycles. The van der Waals surface area contributed by atoms with E-state index in [1.807, 2.05) is 11.3 Å². The standard InChI is InChI=1S/C73H74BN3S/c1-68(2,3)47-29-34-64-51(39-47)66-67(78-64)74-58-43-56-57(72(10,11)38-37-71(56,8)9)44-61(58)75(49-32-33-52-55(40-49)70(6,7)36-35-69(52,4)5)62-41-50(76-59-25-19-17-23-53(59)73(12,13)54-24-18-20-26-60(54)76)42-63(65(62)74)77(66)48-30-27-46(28-31-48)45-21-15-14-16-22-45/h14-34,39-44H,35-38H2,1-13H3. The zero-order valence-electron chi connectivity index (χ0n) is 48.2. The average Bonchev–Trinajstić information content (AvgIpc) is 2.76. The highest BCUT2D eigenvalue weighted by Crippen LogP contribution is 2.57. The number of anilines is 9. The van der Waals surface area contributed by atoms with Crippen molar-refractivity contribution in [3.8, 4) is 11.1 Å². The molecule has 14 rings (SSSR count). The van der Waals surface area contributed by atoms with E-state index in [4.69, 9.17) is 0 Å². The van der Waals surface area contributed by atoms with Crippen molar-refractivity contribution in [1.29, 1.82) is 0 Å². The minimum Gasteiger partial charge on any atom is -0.311 e. The molecule has 0 saturated carbocycles. The molecule has 78 heavy (non-hydrogen) atoms.